The van der Waals surface area contributed by atoms with Crippen LogP contribution in [0.25, 0.3) is 0 Å². The maximum atomic E-state index is 15.1. The average Bonchev–Trinajstić information content (AvgIpc) is 2.88. The van der Waals surface area contributed by atoms with Crippen molar-refractivity contribution in [2.24, 2.45) is 11.8 Å². The highest BCUT2D eigenvalue weighted by Gasteiger charge is 2.37. The molecule has 0 aromatic heterocycles. The zero-order chi connectivity index (χ0) is 25.7. The van der Waals surface area contributed by atoms with E-state index in [2.05, 4.69) is 11.8 Å². The van der Waals surface area contributed by atoms with Crippen LogP contribution in [0, 0.1) is 46.9 Å². The van der Waals surface area contributed by atoms with Crippen molar-refractivity contribution in [1.29, 1.82) is 0 Å². The number of hydrogen-bond donors (Lipinski definition) is 0. The van der Waals surface area contributed by atoms with Crippen LogP contribution in [-0.4, -0.2) is 19.3 Å². The Morgan fingerprint density at radius 3 is 2.22 bits per heavy atom. The van der Waals surface area contributed by atoms with Gasteiger partial charge in [-0.2, -0.15) is 4.39 Å². The quantitative estimate of drug-likeness (QED) is 0.230. The molecular weight excluding hydrogens is 468 g/mol. The largest absolute Gasteiger partial charge is 0.486 e. The summed E-state index contributed by atoms with van der Waals surface area (Å²) in [6, 6.07) is 5.55. The summed E-state index contributed by atoms with van der Waals surface area (Å²) in [5.74, 6) is 1.41. The Bertz CT molecular complexity index is 1160. The third kappa shape index (κ3) is 5.78. The molecule has 2 nitrogen and oxygen atoms in total. The molecule has 4 atom stereocenters. The van der Waals surface area contributed by atoms with E-state index in [-0.39, 0.29) is 29.4 Å². The first-order valence-electron chi connectivity index (χ1n) is 12.8. The van der Waals surface area contributed by atoms with E-state index in [4.69, 9.17) is 9.47 Å². The van der Waals surface area contributed by atoms with Crippen molar-refractivity contribution in [3.63, 3.8) is 0 Å². The predicted molar refractivity (Wildman–Crippen MR) is 132 cm³/mol. The molecule has 4 unspecified atom stereocenters. The van der Waals surface area contributed by atoms with Gasteiger partial charge >= 0.3 is 0 Å². The lowest BCUT2D eigenvalue weighted by Crippen LogP contribution is -2.34. The van der Waals surface area contributed by atoms with Gasteiger partial charge in [-0.1, -0.05) is 30.1 Å². The lowest BCUT2D eigenvalue weighted by molar-refractivity contribution is -0.00970. The average molecular weight is 501 g/mol. The van der Waals surface area contributed by atoms with Crippen LogP contribution in [0.1, 0.15) is 75.0 Å². The van der Waals surface area contributed by atoms with E-state index in [1.807, 2.05) is 6.92 Å². The fourth-order valence-corrected chi connectivity index (χ4v) is 5.60. The van der Waals surface area contributed by atoms with E-state index < -0.39 is 23.3 Å². The third-order valence-corrected chi connectivity index (χ3v) is 7.47. The van der Waals surface area contributed by atoms with E-state index in [0.717, 1.165) is 45.1 Å². The number of allylic oxidation sites excluding steroid dienone is 1. The summed E-state index contributed by atoms with van der Waals surface area (Å²) in [6.07, 6.45) is 9.48. The first-order chi connectivity index (χ1) is 17.4. The van der Waals surface area contributed by atoms with Crippen LogP contribution in [0.15, 0.2) is 36.4 Å². The van der Waals surface area contributed by atoms with Crippen LogP contribution < -0.4 is 4.74 Å². The Hall–Kier alpha value is -2.78. The maximum Gasteiger partial charge on any atom is 0.201 e. The van der Waals surface area contributed by atoms with Gasteiger partial charge < -0.3 is 9.47 Å². The third-order valence-electron chi connectivity index (χ3n) is 7.47. The fourth-order valence-electron chi connectivity index (χ4n) is 5.60. The summed E-state index contributed by atoms with van der Waals surface area (Å²) in [5.41, 5.74) is -0.0607. The minimum absolute atomic E-state index is 0.0342. The molecule has 0 spiro atoms. The van der Waals surface area contributed by atoms with Gasteiger partial charge in [0.05, 0.1) is 17.2 Å². The minimum atomic E-state index is -1.19. The van der Waals surface area contributed by atoms with E-state index >= 15 is 4.39 Å². The molecule has 6 heteroatoms. The zero-order valence-corrected chi connectivity index (χ0v) is 20.8. The van der Waals surface area contributed by atoms with Crippen molar-refractivity contribution in [3.8, 4) is 17.6 Å². The van der Waals surface area contributed by atoms with Gasteiger partial charge in [-0.15, -0.1) is 0 Å². The zero-order valence-electron chi connectivity index (χ0n) is 20.8. The molecule has 0 aliphatic heterocycles. The summed E-state index contributed by atoms with van der Waals surface area (Å²) in [6.45, 7) is 4.63. The Kier molecular flexibility index (Phi) is 8.74. The highest BCUT2D eigenvalue weighted by atomic mass is 19.2. The second-order valence-corrected chi connectivity index (χ2v) is 9.62. The molecule has 2 saturated carbocycles. The van der Waals surface area contributed by atoms with Crippen LogP contribution >= 0.6 is 0 Å². The Morgan fingerprint density at radius 1 is 0.833 bits per heavy atom. The number of hydrogen-bond acceptors (Lipinski definition) is 2. The van der Waals surface area contributed by atoms with E-state index in [1.54, 1.807) is 25.1 Å². The maximum absolute atomic E-state index is 15.1. The van der Waals surface area contributed by atoms with Gasteiger partial charge in [0.2, 0.25) is 5.82 Å². The molecule has 0 bridgehead atoms. The van der Waals surface area contributed by atoms with Gasteiger partial charge in [-0.25, -0.2) is 13.2 Å². The minimum Gasteiger partial charge on any atom is -0.486 e. The topological polar surface area (TPSA) is 18.5 Å². The molecular formula is C30H32F4O2. The van der Waals surface area contributed by atoms with E-state index in [9.17, 15) is 13.2 Å². The van der Waals surface area contributed by atoms with Gasteiger partial charge in [-0.3, -0.25) is 0 Å². The molecule has 2 aromatic carbocycles. The number of halogens is 4. The van der Waals surface area contributed by atoms with Gasteiger partial charge in [0.15, 0.2) is 23.2 Å². The summed E-state index contributed by atoms with van der Waals surface area (Å²) >= 11 is 0. The molecule has 2 fully saturated rings. The summed E-state index contributed by atoms with van der Waals surface area (Å²) in [5, 5.41) is 0. The highest BCUT2D eigenvalue weighted by molar-refractivity contribution is 5.47. The lowest BCUT2D eigenvalue weighted by atomic mass is 9.65. The summed E-state index contributed by atoms with van der Waals surface area (Å²) in [7, 11) is 0. The Morgan fingerprint density at radius 2 is 1.50 bits per heavy atom. The molecule has 2 aromatic rings. The SMILES string of the molecule is C/C=C/COc1ccc(C#Cc2ccc(C3CCC4CC(OCC)CCC4C3)c(F)c2F)c(F)c1F. The van der Waals surface area contributed by atoms with Gasteiger partial charge in [-0.05, 0) is 93.9 Å². The van der Waals surface area contributed by atoms with Crippen molar-refractivity contribution in [2.75, 3.05) is 13.2 Å². The van der Waals surface area contributed by atoms with Crippen LogP contribution in [0.5, 0.6) is 5.75 Å². The molecule has 4 rings (SSSR count). The standard InChI is InChI=1S/C30H32F4O2/c1-3-5-16-36-26-15-12-20(28(32)30(26)34)7-6-19-11-14-25(29(33)27(19)31)23-9-8-22-18-24(35-4-2)13-10-21(22)17-23/h3,5,11-12,14-15,21-24H,4,8-10,13,16-18H2,1-2H3/b5-3+. The van der Waals surface area contributed by atoms with Crippen molar-refractivity contribution in [1.82, 2.24) is 0 Å². The predicted octanol–water partition coefficient (Wildman–Crippen LogP) is 7.69. The van der Waals surface area contributed by atoms with Crippen molar-refractivity contribution in [3.05, 3.63) is 76.4 Å². The monoisotopic (exact) mass is 500 g/mol. The second-order valence-electron chi connectivity index (χ2n) is 9.62. The van der Waals surface area contributed by atoms with Crippen molar-refractivity contribution in [2.45, 2.75) is 64.4 Å². The van der Waals surface area contributed by atoms with Gasteiger partial charge in [0, 0.05) is 6.61 Å². The summed E-state index contributed by atoms with van der Waals surface area (Å²) < 4.78 is 69.7. The van der Waals surface area contributed by atoms with E-state index in [0.29, 0.717) is 23.5 Å². The first kappa shape index (κ1) is 26.3. The molecule has 0 saturated heterocycles. The normalized spacial score (nSPS) is 23.7. The Labute approximate surface area is 210 Å². The number of ether oxygens (including phenoxy) is 2. The lowest BCUT2D eigenvalue weighted by Gasteiger charge is -2.42. The molecule has 0 heterocycles. The molecule has 2 aliphatic rings. The van der Waals surface area contributed by atoms with Gasteiger partial charge in [0.1, 0.15) is 6.61 Å². The number of benzene rings is 2. The first-order valence-corrected chi connectivity index (χ1v) is 12.8. The fraction of sp³-hybridized carbons (Fsp3) is 0.467. The number of fused-ring (bicyclic) bond motifs is 1. The van der Waals surface area contributed by atoms with Crippen LogP contribution in [0.4, 0.5) is 17.6 Å². The molecule has 2 aliphatic carbocycles. The smallest absolute Gasteiger partial charge is 0.201 e. The molecule has 36 heavy (non-hydrogen) atoms. The van der Waals surface area contributed by atoms with Gasteiger partial charge in [0.25, 0.3) is 0 Å². The van der Waals surface area contributed by atoms with Crippen LogP contribution in [-0.2, 0) is 4.74 Å². The number of rotatable bonds is 6. The van der Waals surface area contributed by atoms with E-state index in [1.165, 1.54) is 18.2 Å². The second kappa shape index (κ2) is 12.0. The van der Waals surface area contributed by atoms with Crippen molar-refractivity contribution >= 4 is 0 Å². The molecule has 192 valence electrons. The summed E-state index contributed by atoms with van der Waals surface area (Å²) in [4.78, 5) is 0. The highest BCUT2D eigenvalue weighted by Crippen LogP contribution is 2.47. The van der Waals surface area contributed by atoms with Crippen molar-refractivity contribution < 1.29 is 27.0 Å². The van der Waals surface area contributed by atoms with Crippen LogP contribution in [0.2, 0.25) is 0 Å². The molecule has 0 radical (unpaired) electrons. The molecule has 0 N–H and O–H groups in total. The Balaban J connectivity index is 1.47. The molecule has 0 amide bonds. The van der Waals surface area contributed by atoms with Crippen LogP contribution in [0.3, 0.4) is 0 Å².